The number of halogens is 1. The van der Waals surface area contributed by atoms with Crippen LogP contribution in [0.5, 0.6) is 0 Å². The lowest BCUT2D eigenvalue weighted by Crippen LogP contribution is -2.40. The van der Waals surface area contributed by atoms with E-state index >= 15 is 0 Å². The number of morpholine rings is 1. The van der Waals surface area contributed by atoms with E-state index in [2.05, 4.69) is 12.2 Å². The van der Waals surface area contributed by atoms with Gasteiger partial charge in [-0.3, -0.25) is 0 Å². The fourth-order valence-electron chi connectivity index (χ4n) is 1.58. The van der Waals surface area contributed by atoms with Crippen molar-refractivity contribution in [2.45, 2.75) is 19.1 Å². The molecule has 2 nitrogen and oxygen atoms in total. The van der Waals surface area contributed by atoms with E-state index in [1.807, 2.05) is 0 Å². The highest BCUT2D eigenvalue weighted by Crippen LogP contribution is 2.19. The first kappa shape index (κ1) is 9.62. The van der Waals surface area contributed by atoms with Crippen molar-refractivity contribution in [3.05, 3.63) is 35.6 Å². The van der Waals surface area contributed by atoms with Gasteiger partial charge in [0.25, 0.3) is 0 Å². The maximum atomic E-state index is 12.7. The molecule has 0 aliphatic carbocycles. The van der Waals surface area contributed by atoms with Gasteiger partial charge in [0.05, 0.1) is 12.7 Å². The molecule has 0 spiro atoms. The second-order valence-corrected chi connectivity index (χ2v) is 3.68. The Kier molecular flexibility index (Phi) is 2.79. The van der Waals surface area contributed by atoms with E-state index in [4.69, 9.17) is 4.74 Å². The van der Waals surface area contributed by atoms with Crippen molar-refractivity contribution >= 4 is 0 Å². The first-order valence-electron chi connectivity index (χ1n) is 4.86. The van der Waals surface area contributed by atoms with Crippen molar-refractivity contribution < 1.29 is 9.13 Å². The van der Waals surface area contributed by atoms with E-state index in [1.165, 1.54) is 12.1 Å². The smallest absolute Gasteiger partial charge is 0.123 e. The van der Waals surface area contributed by atoms with Gasteiger partial charge < -0.3 is 10.1 Å². The second kappa shape index (κ2) is 4.07. The largest absolute Gasteiger partial charge is 0.371 e. The van der Waals surface area contributed by atoms with Crippen molar-refractivity contribution in [3.63, 3.8) is 0 Å². The lowest BCUT2D eigenvalue weighted by Gasteiger charge is -2.28. The number of hydrogen-bond donors (Lipinski definition) is 1. The molecule has 0 amide bonds. The number of rotatable bonds is 1. The fourth-order valence-corrected chi connectivity index (χ4v) is 1.58. The summed E-state index contributed by atoms with van der Waals surface area (Å²) in [5, 5.41) is 3.33. The molecule has 1 saturated heterocycles. The maximum absolute atomic E-state index is 12.7. The van der Waals surface area contributed by atoms with Gasteiger partial charge in [-0.15, -0.1) is 0 Å². The van der Waals surface area contributed by atoms with E-state index in [1.54, 1.807) is 12.1 Å². The Morgan fingerprint density at radius 2 is 2.07 bits per heavy atom. The molecule has 76 valence electrons. The van der Waals surface area contributed by atoms with Crippen LogP contribution in [0.1, 0.15) is 18.6 Å². The molecule has 1 fully saturated rings. The molecule has 1 aromatic rings. The van der Waals surface area contributed by atoms with Gasteiger partial charge in [0.15, 0.2) is 0 Å². The summed E-state index contributed by atoms with van der Waals surface area (Å²) in [5.41, 5.74) is 1.03. The minimum Gasteiger partial charge on any atom is -0.371 e. The van der Waals surface area contributed by atoms with Gasteiger partial charge in [0.1, 0.15) is 5.82 Å². The molecule has 0 bridgehead atoms. The average molecular weight is 195 g/mol. The molecule has 2 unspecified atom stereocenters. The number of benzene rings is 1. The van der Waals surface area contributed by atoms with Crippen LogP contribution < -0.4 is 5.32 Å². The lowest BCUT2D eigenvalue weighted by molar-refractivity contribution is 0.00692. The van der Waals surface area contributed by atoms with Crippen LogP contribution in [0.15, 0.2) is 24.3 Å². The lowest BCUT2D eigenvalue weighted by atomic mass is 10.1. The van der Waals surface area contributed by atoms with Crippen molar-refractivity contribution in [2.24, 2.45) is 0 Å². The molecular weight excluding hydrogens is 181 g/mol. The van der Waals surface area contributed by atoms with Crippen LogP contribution in [0, 0.1) is 5.82 Å². The number of nitrogens with one attached hydrogen (secondary N) is 1. The van der Waals surface area contributed by atoms with Gasteiger partial charge >= 0.3 is 0 Å². The predicted octanol–water partition coefficient (Wildman–Crippen LogP) is 1.88. The predicted molar refractivity (Wildman–Crippen MR) is 52.6 cm³/mol. The van der Waals surface area contributed by atoms with Crippen molar-refractivity contribution in [1.82, 2.24) is 5.32 Å². The van der Waals surface area contributed by atoms with Crippen LogP contribution in [0.3, 0.4) is 0 Å². The van der Waals surface area contributed by atoms with Crippen molar-refractivity contribution in [2.75, 3.05) is 13.2 Å². The molecule has 2 rings (SSSR count). The summed E-state index contributed by atoms with van der Waals surface area (Å²) < 4.78 is 18.3. The Labute approximate surface area is 83.1 Å². The first-order valence-corrected chi connectivity index (χ1v) is 4.86. The van der Waals surface area contributed by atoms with Gasteiger partial charge in [-0.1, -0.05) is 12.1 Å². The Morgan fingerprint density at radius 1 is 1.36 bits per heavy atom. The monoisotopic (exact) mass is 195 g/mol. The van der Waals surface area contributed by atoms with Crippen LogP contribution in [0.25, 0.3) is 0 Å². The van der Waals surface area contributed by atoms with Gasteiger partial charge in [-0.2, -0.15) is 0 Å². The van der Waals surface area contributed by atoms with Crippen LogP contribution in [-0.2, 0) is 4.74 Å². The minimum absolute atomic E-state index is 0.0619. The molecule has 0 aromatic heterocycles. The maximum Gasteiger partial charge on any atom is 0.123 e. The number of hydrogen-bond acceptors (Lipinski definition) is 2. The average Bonchev–Trinajstić information content (AvgIpc) is 2.21. The molecule has 1 aliphatic heterocycles. The van der Waals surface area contributed by atoms with Crippen LogP contribution in [0.4, 0.5) is 4.39 Å². The van der Waals surface area contributed by atoms with E-state index in [0.717, 1.165) is 12.1 Å². The molecule has 14 heavy (non-hydrogen) atoms. The molecule has 1 heterocycles. The zero-order valence-electron chi connectivity index (χ0n) is 8.16. The summed E-state index contributed by atoms with van der Waals surface area (Å²) >= 11 is 0. The molecule has 1 N–H and O–H groups in total. The van der Waals surface area contributed by atoms with Crippen LogP contribution in [-0.4, -0.2) is 19.2 Å². The van der Waals surface area contributed by atoms with Gasteiger partial charge in [-0.25, -0.2) is 4.39 Å². The van der Waals surface area contributed by atoms with E-state index in [9.17, 15) is 4.39 Å². The molecule has 1 aromatic carbocycles. The zero-order chi connectivity index (χ0) is 9.97. The topological polar surface area (TPSA) is 21.3 Å². The van der Waals surface area contributed by atoms with Gasteiger partial charge in [0, 0.05) is 12.6 Å². The fraction of sp³-hybridized carbons (Fsp3) is 0.455. The van der Waals surface area contributed by atoms with Gasteiger partial charge in [-0.05, 0) is 24.6 Å². The summed E-state index contributed by atoms with van der Waals surface area (Å²) in [4.78, 5) is 0. The number of ether oxygens (including phenoxy) is 1. The standard InChI is InChI=1S/C11H14FNO/c1-8-7-14-11(6-13-8)9-2-4-10(12)5-3-9/h2-5,8,11,13H,6-7H2,1H3. The van der Waals surface area contributed by atoms with Crippen LogP contribution >= 0.6 is 0 Å². The molecular formula is C11H14FNO. The Morgan fingerprint density at radius 3 is 2.64 bits per heavy atom. The Hall–Kier alpha value is -0.930. The summed E-state index contributed by atoms with van der Waals surface area (Å²) in [5.74, 6) is -0.203. The third-order valence-electron chi connectivity index (χ3n) is 2.44. The molecule has 2 atom stereocenters. The summed E-state index contributed by atoms with van der Waals surface area (Å²) in [6.07, 6.45) is 0.0619. The summed E-state index contributed by atoms with van der Waals surface area (Å²) in [6.45, 7) is 3.59. The SMILES string of the molecule is CC1COC(c2ccc(F)cc2)CN1. The minimum atomic E-state index is -0.203. The summed E-state index contributed by atoms with van der Waals surface area (Å²) in [6, 6.07) is 6.90. The molecule has 0 saturated carbocycles. The normalized spacial score (nSPS) is 27.6. The highest BCUT2D eigenvalue weighted by molar-refractivity contribution is 5.19. The quantitative estimate of drug-likeness (QED) is 0.738. The van der Waals surface area contributed by atoms with Gasteiger partial charge in [0.2, 0.25) is 0 Å². The third kappa shape index (κ3) is 2.11. The van der Waals surface area contributed by atoms with E-state index < -0.39 is 0 Å². The van der Waals surface area contributed by atoms with E-state index in [-0.39, 0.29) is 11.9 Å². The highest BCUT2D eigenvalue weighted by atomic mass is 19.1. The Balaban J connectivity index is 2.05. The second-order valence-electron chi connectivity index (χ2n) is 3.68. The van der Waals surface area contributed by atoms with E-state index in [0.29, 0.717) is 12.6 Å². The first-order chi connectivity index (χ1) is 6.75. The molecule has 0 radical (unpaired) electrons. The summed E-state index contributed by atoms with van der Waals surface area (Å²) in [7, 11) is 0. The third-order valence-corrected chi connectivity index (χ3v) is 2.44. The van der Waals surface area contributed by atoms with Crippen molar-refractivity contribution in [3.8, 4) is 0 Å². The zero-order valence-corrected chi connectivity index (χ0v) is 8.16. The molecule has 3 heteroatoms. The molecule has 1 aliphatic rings. The van der Waals surface area contributed by atoms with Crippen LogP contribution in [0.2, 0.25) is 0 Å². The van der Waals surface area contributed by atoms with Crippen molar-refractivity contribution in [1.29, 1.82) is 0 Å². The highest BCUT2D eigenvalue weighted by Gasteiger charge is 2.19. The Bertz CT molecular complexity index is 291.